The average molecular weight is 230 g/mol. The summed E-state index contributed by atoms with van der Waals surface area (Å²) in [5, 5.41) is 3.51. The summed E-state index contributed by atoms with van der Waals surface area (Å²) in [6, 6.07) is 3.66. The fraction of sp³-hybridized carbons (Fsp3) is 0.455. The van der Waals surface area contributed by atoms with Crippen molar-refractivity contribution < 1.29 is 13.3 Å². The van der Waals surface area contributed by atoms with E-state index in [-0.39, 0.29) is 11.7 Å². The van der Waals surface area contributed by atoms with E-state index >= 15 is 0 Å². The molecule has 2 rings (SSSR count). The van der Waals surface area contributed by atoms with Gasteiger partial charge in [0, 0.05) is 19.1 Å². The summed E-state index contributed by atoms with van der Waals surface area (Å²) in [6.07, 6.45) is 1.09. The van der Waals surface area contributed by atoms with Gasteiger partial charge in [0.15, 0.2) is 0 Å². The molecule has 0 radical (unpaired) electrons. The molecule has 1 N–H and O–H groups in total. The number of benzene rings is 1. The lowest BCUT2D eigenvalue weighted by atomic mass is 10.1. The molecule has 1 saturated heterocycles. The van der Waals surface area contributed by atoms with Crippen LogP contribution in [0.4, 0.5) is 18.9 Å². The van der Waals surface area contributed by atoms with Crippen LogP contribution in [0.2, 0.25) is 0 Å². The number of para-hydroxylation sites is 1. The minimum atomic E-state index is -0.609. The molecular weight excluding hydrogens is 217 g/mol. The van der Waals surface area contributed by atoms with Crippen LogP contribution in [0.5, 0.6) is 0 Å². The molecule has 0 amide bonds. The molecule has 5 heteroatoms. The maximum Gasteiger partial charge on any atom is 0.149 e. The Hall–Kier alpha value is -1.23. The third-order valence-electron chi connectivity index (χ3n) is 2.75. The molecule has 1 fully saturated rings. The number of rotatable bonds is 2. The maximum atomic E-state index is 13.3. The van der Waals surface area contributed by atoms with Crippen molar-refractivity contribution in [2.45, 2.75) is 18.9 Å². The average Bonchev–Trinajstić information content (AvgIpc) is 2.26. The first-order valence-corrected chi connectivity index (χ1v) is 5.28. The molecule has 0 saturated carbocycles. The molecule has 1 aromatic carbocycles. The first-order valence-electron chi connectivity index (χ1n) is 5.28. The van der Waals surface area contributed by atoms with Crippen LogP contribution in [0.1, 0.15) is 12.8 Å². The summed E-state index contributed by atoms with van der Waals surface area (Å²) in [5.74, 6) is -1.22. The van der Waals surface area contributed by atoms with Gasteiger partial charge >= 0.3 is 0 Å². The van der Waals surface area contributed by atoms with Gasteiger partial charge in [0.2, 0.25) is 0 Å². The second kappa shape index (κ2) is 4.74. The van der Waals surface area contributed by atoms with Crippen molar-refractivity contribution in [3.05, 3.63) is 29.8 Å². The number of hydrogen-bond donors (Lipinski definition) is 1. The molecule has 0 spiro atoms. The van der Waals surface area contributed by atoms with Crippen molar-refractivity contribution in [3.63, 3.8) is 0 Å². The predicted molar refractivity (Wildman–Crippen MR) is 55.7 cm³/mol. The molecule has 0 bridgehead atoms. The van der Waals surface area contributed by atoms with Gasteiger partial charge in [0.1, 0.15) is 17.3 Å². The van der Waals surface area contributed by atoms with Gasteiger partial charge in [-0.25, -0.2) is 8.78 Å². The number of hydrogen-bond acceptors (Lipinski definition) is 2. The van der Waals surface area contributed by atoms with Crippen LogP contribution in [-0.2, 0) is 0 Å². The van der Waals surface area contributed by atoms with Crippen LogP contribution in [0.25, 0.3) is 0 Å². The smallest absolute Gasteiger partial charge is 0.149 e. The first-order chi connectivity index (χ1) is 7.66. The van der Waals surface area contributed by atoms with Gasteiger partial charge in [0.05, 0.1) is 0 Å². The molecular formula is C11H13F3N2. The van der Waals surface area contributed by atoms with Crippen LogP contribution in [0, 0.1) is 11.6 Å². The van der Waals surface area contributed by atoms with Gasteiger partial charge in [-0.15, -0.1) is 9.60 Å². The number of anilines is 1. The molecule has 0 unspecified atom stereocenters. The molecule has 0 aromatic heterocycles. The second-order valence-electron chi connectivity index (χ2n) is 3.93. The summed E-state index contributed by atoms with van der Waals surface area (Å²) < 4.78 is 39.3. The highest BCUT2D eigenvalue weighted by Crippen LogP contribution is 2.22. The highest BCUT2D eigenvalue weighted by molar-refractivity contribution is 5.46. The molecule has 88 valence electrons. The van der Waals surface area contributed by atoms with Gasteiger partial charge in [-0.1, -0.05) is 6.07 Å². The van der Waals surface area contributed by atoms with Crippen LogP contribution >= 0.6 is 0 Å². The quantitative estimate of drug-likeness (QED) is 0.786. The van der Waals surface area contributed by atoms with Crippen molar-refractivity contribution in [2.75, 3.05) is 18.4 Å². The summed E-state index contributed by atoms with van der Waals surface area (Å²) in [7, 11) is 0. The Morgan fingerprint density at radius 3 is 2.25 bits per heavy atom. The zero-order valence-corrected chi connectivity index (χ0v) is 8.72. The summed E-state index contributed by atoms with van der Waals surface area (Å²) >= 11 is 0. The highest BCUT2D eigenvalue weighted by atomic mass is 19.2. The summed E-state index contributed by atoms with van der Waals surface area (Å²) in [5.41, 5.74) is -0.111. The van der Waals surface area contributed by atoms with Crippen LogP contribution in [0.3, 0.4) is 0 Å². The van der Waals surface area contributed by atoms with Crippen LogP contribution < -0.4 is 5.32 Å². The number of piperidine rings is 1. The molecule has 16 heavy (non-hydrogen) atoms. The zero-order valence-electron chi connectivity index (χ0n) is 8.72. The lowest BCUT2D eigenvalue weighted by molar-refractivity contribution is 0.00329. The second-order valence-corrected chi connectivity index (χ2v) is 3.93. The Morgan fingerprint density at radius 1 is 1.12 bits per heavy atom. The van der Waals surface area contributed by atoms with Crippen molar-refractivity contribution in [1.82, 2.24) is 5.12 Å². The molecule has 0 atom stereocenters. The van der Waals surface area contributed by atoms with Gasteiger partial charge in [-0.05, 0) is 25.0 Å². The van der Waals surface area contributed by atoms with E-state index in [2.05, 4.69) is 5.32 Å². The Balaban J connectivity index is 2.04. The van der Waals surface area contributed by atoms with E-state index in [4.69, 9.17) is 0 Å². The first kappa shape index (κ1) is 11.3. The zero-order chi connectivity index (χ0) is 11.5. The lowest BCUT2D eigenvalue weighted by Gasteiger charge is -2.27. The van der Waals surface area contributed by atoms with Crippen molar-refractivity contribution in [2.24, 2.45) is 0 Å². The highest BCUT2D eigenvalue weighted by Gasteiger charge is 2.20. The SMILES string of the molecule is Fc1cccc(F)c1NC1CCN(F)CC1. The standard InChI is InChI=1S/C11H13F3N2/c12-9-2-1-3-10(13)11(9)15-8-4-6-16(14)7-5-8/h1-3,8,15H,4-7H2. The Labute approximate surface area is 92.0 Å². The van der Waals surface area contributed by atoms with E-state index in [1.165, 1.54) is 18.2 Å². The van der Waals surface area contributed by atoms with Gasteiger partial charge < -0.3 is 5.32 Å². The van der Waals surface area contributed by atoms with E-state index < -0.39 is 11.6 Å². The number of halogens is 3. The Bertz CT molecular complexity index is 342. The summed E-state index contributed by atoms with van der Waals surface area (Å²) in [6.45, 7) is 0.599. The number of nitrogens with one attached hydrogen (secondary N) is 1. The molecule has 1 heterocycles. The van der Waals surface area contributed by atoms with Crippen LogP contribution in [-0.4, -0.2) is 24.3 Å². The number of nitrogens with zero attached hydrogens (tertiary/aromatic N) is 1. The van der Waals surface area contributed by atoms with E-state index in [9.17, 15) is 13.3 Å². The Morgan fingerprint density at radius 2 is 1.69 bits per heavy atom. The van der Waals surface area contributed by atoms with E-state index in [0.717, 1.165) is 5.12 Å². The van der Waals surface area contributed by atoms with E-state index in [1.54, 1.807) is 0 Å². The van der Waals surface area contributed by atoms with Crippen molar-refractivity contribution >= 4 is 5.69 Å². The summed E-state index contributed by atoms with van der Waals surface area (Å²) in [4.78, 5) is 0. The van der Waals surface area contributed by atoms with Crippen molar-refractivity contribution in [3.8, 4) is 0 Å². The van der Waals surface area contributed by atoms with E-state index in [0.29, 0.717) is 25.9 Å². The lowest BCUT2D eigenvalue weighted by Crippen LogP contribution is -2.35. The topological polar surface area (TPSA) is 15.3 Å². The van der Waals surface area contributed by atoms with Gasteiger partial charge in [-0.3, -0.25) is 0 Å². The molecule has 1 aliphatic heterocycles. The normalized spacial score (nSPS) is 18.7. The Kier molecular flexibility index (Phi) is 3.33. The minimum absolute atomic E-state index is 0.0709. The van der Waals surface area contributed by atoms with Crippen LogP contribution in [0.15, 0.2) is 18.2 Å². The fourth-order valence-electron chi connectivity index (χ4n) is 1.83. The van der Waals surface area contributed by atoms with Gasteiger partial charge in [-0.2, -0.15) is 0 Å². The molecule has 1 aromatic rings. The predicted octanol–water partition coefficient (Wildman–Crippen LogP) is 2.73. The molecule has 2 nitrogen and oxygen atoms in total. The maximum absolute atomic E-state index is 13.3. The minimum Gasteiger partial charge on any atom is -0.377 e. The third-order valence-corrected chi connectivity index (χ3v) is 2.75. The molecule has 0 aliphatic carbocycles. The van der Waals surface area contributed by atoms with Crippen molar-refractivity contribution in [1.29, 1.82) is 0 Å². The molecule has 1 aliphatic rings. The monoisotopic (exact) mass is 230 g/mol. The fourth-order valence-corrected chi connectivity index (χ4v) is 1.83. The van der Waals surface area contributed by atoms with Gasteiger partial charge in [0.25, 0.3) is 0 Å². The third kappa shape index (κ3) is 2.47. The van der Waals surface area contributed by atoms with E-state index in [1.807, 2.05) is 0 Å². The largest absolute Gasteiger partial charge is 0.377 e.